The molecule has 1 heteroatoms. The Morgan fingerprint density at radius 2 is 0.583 bits per heavy atom. The molecule has 36 heavy (non-hydrogen) atoms. The Bertz CT molecular complexity index is 366. The van der Waals surface area contributed by atoms with Crippen LogP contribution in [0.1, 0.15) is 213 Å². The Balaban J connectivity index is 3.12. The van der Waals surface area contributed by atoms with Crippen molar-refractivity contribution in [3.63, 3.8) is 0 Å². The summed E-state index contributed by atoms with van der Waals surface area (Å²) in [6.07, 6.45) is 43.6. The lowest BCUT2D eigenvalue weighted by Gasteiger charge is -2.13. The first-order chi connectivity index (χ1) is 17.8. The first-order valence-electron chi connectivity index (χ1n) is 17.5. The van der Waals surface area contributed by atoms with Gasteiger partial charge in [0.05, 0.1) is 0 Å². The van der Waals surface area contributed by atoms with Crippen LogP contribution in [0.3, 0.4) is 0 Å². The fourth-order valence-electron chi connectivity index (χ4n) is 5.59. The van der Waals surface area contributed by atoms with Gasteiger partial charge in [-0.05, 0) is 26.3 Å². The lowest BCUT2D eigenvalue weighted by atomic mass is 10.0. The van der Waals surface area contributed by atoms with E-state index in [1.54, 1.807) is 0 Å². The Hall–Kier alpha value is -0.0400. The Morgan fingerprint density at radius 3 is 0.889 bits per heavy atom. The van der Waals surface area contributed by atoms with E-state index in [0.717, 1.165) is 6.04 Å². The number of unbranched alkanes of at least 4 members (excludes halogenated alkanes) is 27. The summed E-state index contributed by atoms with van der Waals surface area (Å²) in [6, 6.07) is 0.717. The molecular weight excluding hydrogens is 434 g/mol. The van der Waals surface area contributed by atoms with Gasteiger partial charge < -0.3 is 5.32 Å². The van der Waals surface area contributed by atoms with Crippen molar-refractivity contribution in [2.45, 2.75) is 219 Å². The van der Waals surface area contributed by atoms with E-state index in [1.807, 2.05) is 0 Å². The molecule has 0 bridgehead atoms. The highest BCUT2D eigenvalue weighted by molar-refractivity contribution is 4.61. The summed E-state index contributed by atoms with van der Waals surface area (Å²) in [5.74, 6) is 0. The van der Waals surface area contributed by atoms with Crippen molar-refractivity contribution in [2.24, 2.45) is 0 Å². The second kappa shape index (κ2) is 33.0. The van der Waals surface area contributed by atoms with E-state index < -0.39 is 0 Å². The second-order valence-electron chi connectivity index (χ2n) is 12.2. The van der Waals surface area contributed by atoms with Gasteiger partial charge in [-0.1, -0.05) is 194 Å². The Kier molecular flexibility index (Phi) is 33.0. The van der Waals surface area contributed by atoms with E-state index in [0.29, 0.717) is 0 Å². The molecule has 0 aromatic rings. The summed E-state index contributed by atoms with van der Waals surface area (Å²) >= 11 is 0. The third kappa shape index (κ3) is 32.0. The first-order valence-corrected chi connectivity index (χ1v) is 17.5. The molecule has 0 amide bonds. The van der Waals surface area contributed by atoms with Crippen LogP contribution in [0.5, 0.6) is 0 Å². The van der Waals surface area contributed by atoms with E-state index >= 15 is 0 Å². The van der Waals surface area contributed by atoms with Crippen molar-refractivity contribution in [3.05, 3.63) is 0 Å². The van der Waals surface area contributed by atoms with Crippen LogP contribution in [-0.4, -0.2) is 12.6 Å². The van der Waals surface area contributed by atoms with Crippen molar-refractivity contribution in [1.29, 1.82) is 0 Å². The predicted octanol–water partition coefficient (Wildman–Crippen LogP) is 12.7. The van der Waals surface area contributed by atoms with Gasteiger partial charge in [0, 0.05) is 6.04 Å². The van der Waals surface area contributed by atoms with Crippen molar-refractivity contribution in [1.82, 2.24) is 5.32 Å². The van der Waals surface area contributed by atoms with Crippen LogP contribution in [0.2, 0.25) is 0 Å². The van der Waals surface area contributed by atoms with Gasteiger partial charge in [0.15, 0.2) is 0 Å². The quantitative estimate of drug-likeness (QED) is 0.0892. The molecule has 1 unspecified atom stereocenters. The zero-order valence-corrected chi connectivity index (χ0v) is 26.0. The normalized spacial score (nSPS) is 12.4. The number of rotatable bonds is 32. The molecule has 218 valence electrons. The number of nitrogens with one attached hydrogen (secondary N) is 1. The number of hydrogen-bond donors (Lipinski definition) is 1. The summed E-state index contributed by atoms with van der Waals surface area (Å²) in [7, 11) is 0. The highest BCUT2D eigenvalue weighted by Crippen LogP contribution is 2.15. The summed E-state index contributed by atoms with van der Waals surface area (Å²) in [5.41, 5.74) is 0. The molecule has 0 saturated carbocycles. The smallest absolute Gasteiger partial charge is 0.00387 e. The zero-order valence-electron chi connectivity index (χ0n) is 26.0. The van der Waals surface area contributed by atoms with Crippen LogP contribution in [0.25, 0.3) is 0 Å². The molecule has 0 aliphatic rings. The fraction of sp³-hybridized carbons (Fsp3) is 1.00. The summed E-state index contributed by atoms with van der Waals surface area (Å²) in [6.45, 7) is 8.24. The molecule has 1 N–H and O–H groups in total. The molecule has 0 aliphatic heterocycles. The van der Waals surface area contributed by atoms with E-state index in [9.17, 15) is 0 Å². The summed E-state index contributed by atoms with van der Waals surface area (Å²) in [5, 5.41) is 3.77. The highest BCUT2D eigenvalue weighted by atomic mass is 14.9. The van der Waals surface area contributed by atoms with E-state index in [-0.39, 0.29) is 0 Å². The van der Waals surface area contributed by atoms with Crippen LogP contribution in [0, 0.1) is 0 Å². The third-order valence-corrected chi connectivity index (χ3v) is 8.26. The fourth-order valence-corrected chi connectivity index (χ4v) is 5.59. The molecule has 0 aliphatic carbocycles. The van der Waals surface area contributed by atoms with E-state index in [2.05, 4.69) is 26.1 Å². The van der Waals surface area contributed by atoms with Crippen molar-refractivity contribution >= 4 is 0 Å². The number of hydrogen-bond acceptors (Lipinski definition) is 1. The van der Waals surface area contributed by atoms with Crippen molar-refractivity contribution in [2.75, 3.05) is 6.54 Å². The molecule has 0 spiro atoms. The SMILES string of the molecule is CCCCCCCCCCCCCCCCCCCCNC(C)CCCCCCCCCCCCC. The van der Waals surface area contributed by atoms with Gasteiger partial charge in [0.2, 0.25) is 0 Å². The highest BCUT2D eigenvalue weighted by Gasteiger charge is 2.01. The van der Waals surface area contributed by atoms with Crippen LogP contribution < -0.4 is 5.32 Å². The maximum Gasteiger partial charge on any atom is 0.00387 e. The Morgan fingerprint density at radius 1 is 0.333 bits per heavy atom. The van der Waals surface area contributed by atoms with Gasteiger partial charge >= 0.3 is 0 Å². The predicted molar refractivity (Wildman–Crippen MR) is 167 cm³/mol. The maximum absolute atomic E-state index is 3.77. The summed E-state index contributed by atoms with van der Waals surface area (Å²) in [4.78, 5) is 0. The zero-order chi connectivity index (χ0) is 26.2. The van der Waals surface area contributed by atoms with Crippen molar-refractivity contribution < 1.29 is 0 Å². The van der Waals surface area contributed by atoms with Gasteiger partial charge in [-0.2, -0.15) is 0 Å². The van der Waals surface area contributed by atoms with Gasteiger partial charge in [-0.25, -0.2) is 0 Å². The minimum atomic E-state index is 0.717. The molecule has 0 radical (unpaired) electrons. The standard InChI is InChI=1S/C35H73N/c1-4-6-8-10-12-14-16-17-18-19-20-21-22-24-26-28-30-32-34-36-35(3)33-31-29-27-25-23-15-13-11-9-7-5-2/h35-36H,4-34H2,1-3H3. The molecule has 1 atom stereocenters. The third-order valence-electron chi connectivity index (χ3n) is 8.26. The van der Waals surface area contributed by atoms with Gasteiger partial charge in [-0.3, -0.25) is 0 Å². The van der Waals surface area contributed by atoms with Crippen LogP contribution in [-0.2, 0) is 0 Å². The molecule has 0 aromatic carbocycles. The topological polar surface area (TPSA) is 12.0 Å². The minimum absolute atomic E-state index is 0.717. The van der Waals surface area contributed by atoms with Gasteiger partial charge in [-0.15, -0.1) is 0 Å². The van der Waals surface area contributed by atoms with E-state index in [1.165, 1.54) is 199 Å². The summed E-state index contributed by atoms with van der Waals surface area (Å²) < 4.78 is 0. The average molecular weight is 508 g/mol. The molecule has 0 aromatic heterocycles. The molecule has 0 fully saturated rings. The monoisotopic (exact) mass is 508 g/mol. The van der Waals surface area contributed by atoms with Gasteiger partial charge in [0.1, 0.15) is 0 Å². The minimum Gasteiger partial charge on any atom is -0.314 e. The molecule has 0 saturated heterocycles. The molecule has 0 heterocycles. The first kappa shape index (κ1) is 36.0. The lowest BCUT2D eigenvalue weighted by Crippen LogP contribution is -2.26. The van der Waals surface area contributed by atoms with Crippen molar-refractivity contribution in [3.8, 4) is 0 Å². The molecule has 0 rings (SSSR count). The second-order valence-corrected chi connectivity index (χ2v) is 12.2. The van der Waals surface area contributed by atoms with Crippen LogP contribution in [0.4, 0.5) is 0 Å². The molecule has 1 nitrogen and oxygen atoms in total. The van der Waals surface area contributed by atoms with Gasteiger partial charge in [0.25, 0.3) is 0 Å². The van der Waals surface area contributed by atoms with E-state index in [4.69, 9.17) is 0 Å². The van der Waals surface area contributed by atoms with Crippen LogP contribution in [0.15, 0.2) is 0 Å². The average Bonchev–Trinajstić information content (AvgIpc) is 2.88. The largest absolute Gasteiger partial charge is 0.314 e. The molecular formula is C35H73N. The Labute approximate surface area is 231 Å². The lowest BCUT2D eigenvalue weighted by molar-refractivity contribution is 0.462. The maximum atomic E-state index is 3.77. The van der Waals surface area contributed by atoms with Crippen LogP contribution >= 0.6 is 0 Å².